The number of esters is 1. The molecule has 0 saturated carbocycles. The largest absolute Gasteiger partial charge is 0.464 e. The second-order valence-corrected chi connectivity index (χ2v) is 6.75. The molecule has 3 aromatic carbocycles. The third kappa shape index (κ3) is 3.14. The van der Waals surface area contributed by atoms with Gasteiger partial charge in [0.2, 0.25) is 0 Å². The van der Waals surface area contributed by atoms with Crippen molar-refractivity contribution in [3.63, 3.8) is 0 Å². The Balaban J connectivity index is 2.00. The van der Waals surface area contributed by atoms with Gasteiger partial charge < -0.3 is 9.57 Å². The fraction of sp³-hybridized carbons (Fsp3) is 0.120. The second kappa shape index (κ2) is 8.25. The summed E-state index contributed by atoms with van der Waals surface area (Å²) in [5.74, 6) is 0.0599. The molecular weight excluding hydrogens is 376 g/mol. The minimum absolute atomic E-state index is 0.338. The molecule has 1 heterocycles. The molecular formula is C25H22N2O3. The molecule has 3 aromatic rings. The maximum Gasteiger partial charge on any atom is 0.354 e. The molecule has 0 N–H and O–H groups in total. The molecule has 30 heavy (non-hydrogen) atoms. The summed E-state index contributed by atoms with van der Waals surface area (Å²) in [6.07, 6.45) is 1.72. The summed E-state index contributed by atoms with van der Waals surface area (Å²) in [6.45, 7) is 1.80. The van der Waals surface area contributed by atoms with Crippen molar-refractivity contribution >= 4 is 11.8 Å². The second-order valence-electron chi connectivity index (χ2n) is 6.75. The molecule has 0 aliphatic carbocycles. The van der Waals surface area contributed by atoms with Gasteiger partial charge in [-0.1, -0.05) is 102 Å². The number of hydrogen-bond donors (Lipinski definition) is 0. The fourth-order valence-electron chi connectivity index (χ4n) is 3.69. The summed E-state index contributed by atoms with van der Waals surface area (Å²) >= 11 is 0. The predicted molar refractivity (Wildman–Crippen MR) is 115 cm³/mol. The topological polar surface area (TPSA) is 51.1 Å². The predicted octanol–water partition coefficient (Wildman–Crippen LogP) is 4.66. The Morgan fingerprint density at radius 1 is 0.900 bits per heavy atom. The van der Waals surface area contributed by atoms with Crippen LogP contribution in [0.25, 0.3) is 0 Å². The Hall–Kier alpha value is -3.86. The fourth-order valence-corrected chi connectivity index (χ4v) is 3.69. The van der Waals surface area contributed by atoms with Gasteiger partial charge in [-0.2, -0.15) is 0 Å². The number of nitrogens with zero attached hydrogens (tertiary/aromatic N) is 2. The summed E-state index contributed by atoms with van der Waals surface area (Å²) in [5.41, 5.74) is 1.69. The van der Waals surface area contributed by atoms with Crippen LogP contribution in [0.5, 0.6) is 0 Å². The summed E-state index contributed by atoms with van der Waals surface area (Å²) in [5, 5.41) is 4.47. The number of amidine groups is 1. The van der Waals surface area contributed by atoms with Crippen LogP contribution in [-0.2, 0) is 20.1 Å². The SMILES string of the molecule is C/C=C(/C(=O)OC)N1C(c2ccccc2)=NOC1(c1ccccc1)c1ccccc1. The first-order valence-corrected chi connectivity index (χ1v) is 9.70. The van der Waals surface area contributed by atoms with E-state index < -0.39 is 11.7 Å². The summed E-state index contributed by atoms with van der Waals surface area (Å²) in [7, 11) is 1.37. The van der Waals surface area contributed by atoms with E-state index in [0.717, 1.165) is 16.7 Å². The van der Waals surface area contributed by atoms with Crippen LogP contribution in [0, 0.1) is 0 Å². The number of carbonyl (C=O) groups excluding carboxylic acids is 1. The number of hydrogen-bond acceptors (Lipinski definition) is 5. The first-order chi connectivity index (χ1) is 14.7. The third-order valence-corrected chi connectivity index (χ3v) is 5.06. The van der Waals surface area contributed by atoms with Crippen LogP contribution in [0.15, 0.2) is 108 Å². The van der Waals surface area contributed by atoms with E-state index in [1.807, 2.05) is 95.9 Å². The highest BCUT2D eigenvalue weighted by Crippen LogP contribution is 2.44. The van der Waals surface area contributed by atoms with E-state index in [1.165, 1.54) is 7.11 Å². The Kier molecular flexibility index (Phi) is 5.35. The molecule has 0 saturated heterocycles. The molecule has 1 aliphatic rings. The molecule has 0 unspecified atom stereocenters. The van der Waals surface area contributed by atoms with Gasteiger partial charge in [0.15, 0.2) is 5.84 Å². The highest BCUT2D eigenvalue weighted by atomic mass is 16.7. The van der Waals surface area contributed by atoms with E-state index in [9.17, 15) is 4.79 Å². The summed E-state index contributed by atoms with van der Waals surface area (Å²) in [4.78, 5) is 20.9. The molecule has 0 spiro atoms. The molecule has 0 aromatic heterocycles. The van der Waals surface area contributed by atoms with Crippen molar-refractivity contribution in [2.45, 2.75) is 12.6 Å². The maximum absolute atomic E-state index is 12.8. The molecule has 0 atom stereocenters. The molecule has 4 rings (SSSR count). The number of benzene rings is 3. The molecule has 5 nitrogen and oxygen atoms in total. The lowest BCUT2D eigenvalue weighted by atomic mass is 9.91. The van der Waals surface area contributed by atoms with E-state index in [-0.39, 0.29) is 0 Å². The number of carbonyl (C=O) groups is 1. The van der Waals surface area contributed by atoms with Gasteiger partial charge >= 0.3 is 5.97 Å². The monoisotopic (exact) mass is 398 g/mol. The van der Waals surface area contributed by atoms with Crippen LogP contribution < -0.4 is 0 Å². The molecule has 0 bridgehead atoms. The highest BCUT2D eigenvalue weighted by Gasteiger charge is 2.52. The van der Waals surface area contributed by atoms with Crippen molar-refractivity contribution in [3.05, 3.63) is 119 Å². The van der Waals surface area contributed by atoms with Crippen LogP contribution in [0.4, 0.5) is 0 Å². The zero-order valence-electron chi connectivity index (χ0n) is 16.9. The van der Waals surface area contributed by atoms with Crippen molar-refractivity contribution in [3.8, 4) is 0 Å². The van der Waals surface area contributed by atoms with E-state index >= 15 is 0 Å². The number of allylic oxidation sites excluding steroid dienone is 1. The Labute approximate surface area is 175 Å². The lowest BCUT2D eigenvalue weighted by Crippen LogP contribution is -2.48. The van der Waals surface area contributed by atoms with Crippen molar-refractivity contribution < 1.29 is 14.4 Å². The van der Waals surface area contributed by atoms with Crippen molar-refractivity contribution in [1.82, 2.24) is 4.90 Å². The first kappa shape index (κ1) is 19.5. The van der Waals surface area contributed by atoms with E-state index in [4.69, 9.17) is 9.57 Å². The highest BCUT2D eigenvalue weighted by molar-refractivity contribution is 6.05. The lowest BCUT2D eigenvalue weighted by Gasteiger charge is -2.38. The maximum atomic E-state index is 12.8. The van der Waals surface area contributed by atoms with Crippen LogP contribution in [0.3, 0.4) is 0 Å². The summed E-state index contributed by atoms with van der Waals surface area (Å²) in [6, 6.07) is 29.2. The van der Waals surface area contributed by atoms with Crippen molar-refractivity contribution in [1.29, 1.82) is 0 Å². The molecule has 5 heteroatoms. The van der Waals surface area contributed by atoms with Gasteiger partial charge in [0, 0.05) is 16.7 Å². The Morgan fingerprint density at radius 3 is 1.87 bits per heavy atom. The van der Waals surface area contributed by atoms with E-state index in [2.05, 4.69) is 5.16 Å². The zero-order chi connectivity index (χ0) is 21.0. The number of ether oxygens (including phenoxy) is 1. The van der Waals surface area contributed by atoms with E-state index in [0.29, 0.717) is 11.5 Å². The standard InChI is InChI=1S/C25H22N2O3/c1-3-22(24(28)29-2)27-23(19-13-7-4-8-14-19)26-30-25(27,20-15-9-5-10-16-20)21-17-11-6-12-18-21/h3-18H,1-2H3/b22-3-. The van der Waals surface area contributed by atoms with Crippen LogP contribution in [0.2, 0.25) is 0 Å². The quantitative estimate of drug-likeness (QED) is 0.463. The van der Waals surface area contributed by atoms with Gasteiger partial charge in [-0.25, -0.2) is 4.79 Å². The smallest absolute Gasteiger partial charge is 0.354 e. The average Bonchev–Trinajstić information content (AvgIpc) is 3.22. The molecule has 150 valence electrons. The zero-order valence-corrected chi connectivity index (χ0v) is 16.9. The molecule has 0 amide bonds. The van der Waals surface area contributed by atoms with Crippen molar-refractivity contribution in [2.75, 3.05) is 7.11 Å². The Morgan fingerprint density at radius 2 is 1.40 bits per heavy atom. The van der Waals surface area contributed by atoms with Crippen LogP contribution in [0.1, 0.15) is 23.6 Å². The number of oxime groups is 1. The minimum atomic E-state index is -1.16. The average molecular weight is 398 g/mol. The lowest BCUT2D eigenvalue weighted by molar-refractivity contribution is -0.140. The van der Waals surface area contributed by atoms with Gasteiger partial charge in [-0.05, 0) is 6.92 Å². The third-order valence-electron chi connectivity index (χ3n) is 5.06. The first-order valence-electron chi connectivity index (χ1n) is 9.70. The summed E-state index contributed by atoms with van der Waals surface area (Å²) < 4.78 is 5.11. The normalized spacial score (nSPS) is 15.3. The van der Waals surface area contributed by atoms with Crippen molar-refractivity contribution in [2.24, 2.45) is 5.16 Å². The minimum Gasteiger partial charge on any atom is -0.464 e. The van der Waals surface area contributed by atoms with Gasteiger partial charge in [0.1, 0.15) is 5.70 Å². The van der Waals surface area contributed by atoms with Gasteiger partial charge in [-0.15, -0.1) is 0 Å². The molecule has 1 aliphatic heterocycles. The molecule has 0 fully saturated rings. The van der Waals surface area contributed by atoms with Crippen LogP contribution >= 0.6 is 0 Å². The van der Waals surface area contributed by atoms with Gasteiger partial charge in [-0.3, -0.25) is 4.90 Å². The van der Waals surface area contributed by atoms with Crippen LogP contribution in [-0.4, -0.2) is 23.8 Å². The van der Waals surface area contributed by atoms with Gasteiger partial charge in [0.25, 0.3) is 5.72 Å². The number of methoxy groups -OCH3 is 1. The van der Waals surface area contributed by atoms with Gasteiger partial charge in [0.05, 0.1) is 7.11 Å². The number of rotatable bonds is 5. The van der Waals surface area contributed by atoms with E-state index in [1.54, 1.807) is 13.0 Å². The Bertz CT molecular complexity index is 1040. The molecule has 0 radical (unpaired) electrons.